The summed E-state index contributed by atoms with van der Waals surface area (Å²) in [5, 5.41) is 9.35. The van der Waals surface area contributed by atoms with Crippen molar-refractivity contribution in [2.45, 2.75) is 61.1 Å². The lowest BCUT2D eigenvalue weighted by Crippen LogP contribution is -2.71. The molecule has 3 heterocycles. The molecular weight excluding hydrogens is 962 g/mol. The fourth-order valence-electron chi connectivity index (χ4n) is 7.70. The number of oxime groups is 1. The number of rotatable bonds is 15. The zero-order valence-corrected chi connectivity index (χ0v) is 41.1. The Hall–Kier alpha value is -6.10. The SMILES string of the molecule is CC(Cl)SC1=C(C(=O)OC(c2ccccc2)c2ccccc2)N2C(=O)C(NC(=O)/C(=N\OC(c3ccccc3)(c3ccccc3)c3ccccc3)c3nc(NC(=O)OC(C)(C)C)sc3Cl)C2SC1. The molecular formula is C51H45Cl2N5O7S3. The molecule has 1 fully saturated rings. The molecule has 3 atom stereocenters. The Morgan fingerprint density at radius 2 is 1.31 bits per heavy atom. The number of halogens is 2. The number of hydrogen-bond donors (Lipinski definition) is 2. The standard InChI is InChI=1S/C51H45Cl2N5O7S3/c1-31(52)67-37-30-66-46-40(45(60)58(46)41(37)47(61)63-42(32-20-10-5-11-21-32)33-22-12-6-13-23-33)54-44(59)39(38-43(53)68-48(55-38)56-49(62)64-50(2,3)4)57-65-51(34-24-14-7-15-25-34,35-26-16-8-17-27-35)36-28-18-9-19-29-36/h5-29,31,40,42,46H,30H2,1-4H3,(H,54,59)(H,55,56,62)/b57-39-. The highest BCUT2D eigenvalue weighted by atomic mass is 35.5. The number of anilines is 1. The largest absolute Gasteiger partial charge is 0.448 e. The third kappa shape index (κ3) is 10.6. The van der Waals surface area contributed by atoms with Crippen LogP contribution in [0.5, 0.6) is 0 Å². The zero-order valence-electron chi connectivity index (χ0n) is 37.1. The van der Waals surface area contributed by atoms with Gasteiger partial charge in [-0.05, 0) is 38.8 Å². The number of amides is 3. The van der Waals surface area contributed by atoms with E-state index in [4.69, 9.17) is 37.5 Å². The molecule has 6 aromatic rings. The predicted octanol–water partition coefficient (Wildman–Crippen LogP) is 11.1. The third-order valence-corrected chi connectivity index (χ3v) is 14.4. The van der Waals surface area contributed by atoms with E-state index in [-0.39, 0.29) is 20.9 Å². The molecule has 12 nitrogen and oxygen atoms in total. The molecule has 2 N–H and O–H groups in total. The fraction of sp³-hybridized carbons (Fsp3) is 0.216. The highest BCUT2D eigenvalue weighted by Crippen LogP contribution is 2.46. The van der Waals surface area contributed by atoms with Crippen molar-refractivity contribution in [3.63, 3.8) is 0 Å². The summed E-state index contributed by atoms with van der Waals surface area (Å²) in [6, 6.07) is 45.8. The van der Waals surface area contributed by atoms with Gasteiger partial charge in [0.15, 0.2) is 16.9 Å². The number of fused-ring (bicyclic) bond motifs is 1. The van der Waals surface area contributed by atoms with Gasteiger partial charge in [-0.2, -0.15) is 0 Å². The summed E-state index contributed by atoms with van der Waals surface area (Å²) >= 11 is 16.8. The van der Waals surface area contributed by atoms with Gasteiger partial charge in [0, 0.05) is 27.3 Å². The Morgan fingerprint density at radius 1 is 0.809 bits per heavy atom. The van der Waals surface area contributed by atoms with Crippen LogP contribution in [-0.4, -0.2) is 67.0 Å². The minimum absolute atomic E-state index is 0.0110. The maximum Gasteiger partial charge on any atom is 0.413 e. The van der Waals surface area contributed by atoms with Crippen LogP contribution < -0.4 is 10.6 Å². The smallest absolute Gasteiger partial charge is 0.413 e. The maximum atomic E-state index is 14.9. The Labute approximate surface area is 416 Å². The van der Waals surface area contributed by atoms with Gasteiger partial charge < -0.3 is 19.6 Å². The summed E-state index contributed by atoms with van der Waals surface area (Å²) < 4.78 is 11.3. The summed E-state index contributed by atoms with van der Waals surface area (Å²) in [6.45, 7) is 6.94. The molecule has 17 heteroatoms. The lowest BCUT2D eigenvalue weighted by Gasteiger charge is -2.49. The quantitative estimate of drug-likeness (QED) is 0.0254. The van der Waals surface area contributed by atoms with Gasteiger partial charge in [0.2, 0.25) is 5.60 Å². The first kappa shape index (κ1) is 48.4. The van der Waals surface area contributed by atoms with E-state index in [0.717, 1.165) is 22.5 Å². The molecule has 1 saturated heterocycles. The molecule has 8 rings (SSSR count). The second kappa shape index (κ2) is 21.0. The molecule has 68 heavy (non-hydrogen) atoms. The molecule has 0 saturated carbocycles. The van der Waals surface area contributed by atoms with Crippen LogP contribution in [0.25, 0.3) is 0 Å². The highest BCUT2D eigenvalue weighted by Gasteiger charge is 2.55. The lowest BCUT2D eigenvalue weighted by molar-refractivity contribution is -0.154. The van der Waals surface area contributed by atoms with Crippen molar-refractivity contribution in [1.82, 2.24) is 15.2 Å². The summed E-state index contributed by atoms with van der Waals surface area (Å²) in [7, 11) is 0. The van der Waals surface area contributed by atoms with Gasteiger partial charge in [0.25, 0.3) is 11.8 Å². The predicted molar refractivity (Wildman–Crippen MR) is 270 cm³/mol. The number of β-lactam (4-membered cyclic amide) rings is 1. The molecule has 0 bridgehead atoms. The molecule has 1 aromatic heterocycles. The summed E-state index contributed by atoms with van der Waals surface area (Å²) in [5.74, 6) is -1.86. The number of nitrogens with zero attached hydrogens (tertiary/aromatic N) is 3. The minimum atomic E-state index is -1.43. The van der Waals surface area contributed by atoms with Crippen molar-refractivity contribution in [3.8, 4) is 0 Å². The minimum Gasteiger partial charge on any atom is -0.448 e. The fourth-order valence-corrected chi connectivity index (χ4v) is 11.4. The van der Waals surface area contributed by atoms with Crippen LogP contribution in [0.3, 0.4) is 0 Å². The van der Waals surface area contributed by atoms with Crippen LogP contribution >= 0.6 is 58.1 Å². The number of ether oxygens (including phenoxy) is 2. The van der Waals surface area contributed by atoms with Crippen LogP contribution in [0.1, 0.15) is 67.3 Å². The Balaban J connectivity index is 1.16. The van der Waals surface area contributed by atoms with E-state index >= 15 is 0 Å². The van der Waals surface area contributed by atoms with Crippen LogP contribution in [0.15, 0.2) is 167 Å². The van der Waals surface area contributed by atoms with Gasteiger partial charge in [-0.25, -0.2) is 14.6 Å². The molecule has 3 amide bonds. The molecule has 0 aliphatic carbocycles. The first-order valence-corrected chi connectivity index (χ1v) is 25.0. The topological polar surface area (TPSA) is 149 Å². The Kier molecular flexibility index (Phi) is 15.0. The van der Waals surface area contributed by atoms with E-state index < -0.39 is 63.0 Å². The van der Waals surface area contributed by atoms with E-state index in [9.17, 15) is 19.2 Å². The number of esters is 1. The second-order valence-electron chi connectivity index (χ2n) is 16.5. The first-order chi connectivity index (χ1) is 32.7. The van der Waals surface area contributed by atoms with Crippen molar-refractivity contribution in [1.29, 1.82) is 0 Å². The van der Waals surface area contributed by atoms with Crippen molar-refractivity contribution in [2.75, 3.05) is 11.1 Å². The molecule has 0 radical (unpaired) electrons. The molecule has 0 spiro atoms. The summed E-state index contributed by atoms with van der Waals surface area (Å²) in [5.41, 5.74) is 0.833. The molecule has 3 unspecified atom stereocenters. The van der Waals surface area contributed by atoms with Crippen molar-refractivity contribution in [2.24, 2.45) is 5.16 Å². The van der Waals surface area contributed by atoms with E-state index in [1.54, 1.807) is 27.7 Å². The number of carbonyl (C=O) groups is 4. The highest BCUT2D eigenvalue weighted by molar-refractivity contribution is 8.07. The zero-order chi connectivity index (χ0) is 48.0. The molecule has 348 valence electrons. The van der Waals surface area contributed by atoms with Crippen LogP contribution in [-0.2, 0) is 34.3 Å². The van der Waals surface area contributed by atoms with Gasteiger partial charge in [0.1, 0.15) is 32.7 Å². The number of carbonyl (C=O) groups excluding carboxylic acids is 4. The van der Waals surface area contributed by atoms with Gasteiger partial charge in [-0.3, -0.25) is 19.8 Å². The normalized spacial score (nSPS) is 16.6. The number of thioether (sulfide) groups is 2. The molecule has 2 aliphatic heterocycles. The third-order valence-electron chi connectivity index (χ3n) is 10.6. The lowest BCUT2D eigenvalue weighted by atomic mass is 9.80. The van der Waals surface area contributed by atoms with E-state index in [1.165, 1.54) is 28.4 Å². The van der Waals surface area contributed by atoms with E-state index in [0.29, 0.717) is 27.3 Å². The first-order valence-electron chi connectivity index (χ1n) is 21.4. The number of hydrogen-bond acceptors (Lipinski definition) is 12. The summed E-state index contributed by atoms with van der Waals surface area (Å²) in [6.07, 6.45) is -1.58. The van der Waals surface area contributed by atoms with Gasteiger partial charge >= 0.3 is 12.1 Å². The maximum absolute atomic E-state index is 14.9. The van der Waals surface area contributed by atoms with E-state index in [1.807, 2.05) is 152 Å². The van der Waals surface area contributed by atoms with Gasteiger partial charge in [0.05, 0.1) is 4.71 Å². The number of thiazole rings is 1. The van der Waals surface area contributed by atoms with E-state index in [2.05, 4.69) is 20.8 Å². The van der Waals surface area contributed by atoms with Gasteiger partial charge in [-0.1, -0.05) is 180 Å². The second-order valence-corrected chi connectivity index (χ2v) is 21.5. The average molecular weight is 1010 g/mol. The van der Waals surface area contributed by atoms with Crippen LogP contribution in [0.4, 0.5) is 9.93 Å². The monoisotopic (exact) mass is 1010 g/mol. The van der Waals surface area contributed by atoms with Gasteiger partial charge in [-0.15, -0.1) is 35.1 Å². The Bertz CT molecular complexity index is 2690. The van der Waals surface area contributed by atoms with Crippen molar-refractivity contribution in [3.05, 3.63) is 200 Å². The number of nitrogens with one attached hydrogen (secondary N) is 2. The van der Waals surface area contributed by atoms with Crippen molar-refractivity contribution < 1.29 is 33.5 Å². The number of aromatic nitrogens is 1. The molecule has 5 aromatic carbocycles. The van der Waals surface area contributed by atoms with Crippen molar-refractivity contribution >= 4 is 92.8 Å². The Morgan fingerprint density at radius 3 is 1.79 bits per heavy atom. The molecule has 2 aliphatic rings. The summed E-state index contributed by atoms with van der Waals surface area (Å²) in [4.78, 5) is 70.0. The number of alkyl halides is 1. The average Bonchev–Trinajstić information content (AvgIpc) is 3.69. The number of benzene rings is 5. The van der Waals surface area contributed by atoms with Crippen LogP contribution in [0.2, 0.25) is 4.34 Å². The van der Waals surface area contributed by atoms with Crippen LogP contribution in [0, 0.1) is 0 Å².